The maximum absolute atomic E-state index is 11.9. The second kappa shape index (κ2) is 5.87. The third-order valence-corrected chi connectivity index (χ3v) is 3.66. The normalized spacial score (nSPS) is 10.6. The molecule has 0 bridgehead atoms. The predicted molar refractivity (Wildman–Crippen MR) is 78.2 cm³/mol. The SMILES string of the molecule is O=C(O)c1cc(Cl)c(=O)n(Cc2c(Cl)cccc2Cl)c1. The first-order valence-corrected chi connectivity index (χ1v) is 6.59. The van der Waals surface area contributed by atoms with Crippen LogP contribution in [0, 0.1) is 0 Å². The number of pyridine rings is 1. The first-order valence-electron chi connectivity index (χ1n) is 5.46. The minimum atomic E-state index is -1.18. The van der Waals surface area contributed by atoms with Crippen LogP contribution in [0.2, 0.25) is 15.1 Å². The number of benzene rings is 1. The zero-order chi connectivity index (χ0) is 14.9. The van der Waals surface area contributed by atoms with Crippen LogP contribution in [0.3, 0.4) is 0 Å². The van der Waals surface area contributed by atoms with Crippen LogP contribution >= 0.6 is 34.8 Å². The van der Waals surface area contributed by atoms with E-state index < -0.39 is 11.5 Å². The fraction of sp³-hybridized carbons (Fsp3) is 0.0769. The maximum atomic E-state index is 11.9. The van der Waals surface area contributed by atoms with Gasteiger partial charge in [0.1, 0.15) is 5.02 Å². The van der Waals surface area contributed by atoms with Gasteiger partial charge in [-0.15, -0.1) is 0 Å². The van der Waals surface area contributed by atoms with Gasteiger partial charge in [-0.05, 0) is 18.2 Å². The Hall–Kier alpha value is -1.49. The molecule has 0 aliphatic rings. The molecule has 0 amide bonds. The lowest BCUT2D eigenvalue weighted by molar-refractivity contribution is 0.0696. The molecule has 4 nitrogen and oxygen atoms in total. The van der Waals surface area contributed by atoms with Crippen LogP contribution < -0.4 is 5.56 Å². The Morgan fingerprint density at radius 3 is 2.30 bits per heavy atom. The molecule has 0 radical (unpaired) electrons. The average Bonchev–Trinajstić information content (AvgIpc) is 2.38. The van der Waals surface area contributed by atoms with E-state index in [0.717, 1.165) is 6.07 Å². The van der Waals surface area contributed by atoms with Crippen LogP contribution in [-0.2, 0) is 6.54 Å². The molecule has 0 fully saturated rings. The van der Waals surface area contributed by atoms with Crippen molar-refractivity contribution in [2.45, 2.75) is 6.54 Å². The number of carbonyl (C=O) groups is 1. The molecule has 104 valence electrons. The number of aromatic nitrogens is 1. The maximum Gasteiger partial charge on any atom is 0.337 e. The van der Waals surface area contributed by atoms with Crippen molar-refractivity contribution in [3.8, 4) is 0 Å². The summed E-state index contributed by atoms with van der Waals surface area (Å²) in [5.41, 5.74) is -0.0676. The molecular formula is C13H8Cl3NO3. The number of aromatic carboxylic acids is 1. The standard InChI is InChI=1S/C13H8Cl3NO3/c14-9-2-1-3-10(15)8(9)6-17-5-7(13(19)20)4-11(16)12(17)18/h1-5H,6H2,(H,19,20). The van der Waals surface area contributed by atoms with E-state index in [1.54, 1.807) is 18.2 Å². The number of hydrogen-bond donors (Lipinski definition) is 1. The second-order valence-corrected chi connectivity index (χ2v) is 5.24. The molecule has 1 N–H and O–H groups in total. The van der Waals surface area contributed by atoms with Gasteiger partial charge >= 0.3 is 5.97 Å². The Bertz CT molecular complexity index is 720. The smallest absolute Gasteiger partial charge is 0.337 e. The Morgan fingerprint density at radius 1 is 1.15 bits per heavy atom. The fourth-order valence-electron chi connectivity index (χ4n) is 1.69. The van der Waals surface area contributed by atoms with Crippen molar-refractivity contribution >= 4 is 40.8 Å². The summed E-state index contributed by atoms with van der Waals surface area (Å²) in [4.78, 5) is 22.9. The van der Waals surface area contributed by atoms with Gasteiger partial charge in [-0.25, -0.2) is 4.79 Å². The molecule has 1 aromatic carbocycles. The van der Waals surface area contributed by atoms with E-state index in [1.807, 2.05) is 0 Å². The van der Waals surface area contributed by atoms with Crippen LogP contribution in [0.5, 0.6) is 0 Å². The molecule has 0 aliphatic carbocycles. The van der Waals surface area contributed by atoms with E-state index in [2.05, 4.69) is 0 Å². The van der Waals surface area contributed by atoms with Gasteiger partial charge in [0.15, 0.2) is 0 Å². The monoisotopic (exact) mass is 331 g/mol. The molecule has 0 aliphatic heterocycles. The molecule has 2 rings (SSSR count). The molecule has 0 atom stereocenters. The van der Waals surface area contributed by atoms with E-state index in [4.69, 9.17) is 39.9 Å². The molecule has 0 saturated carbocycles. The minimum Gasteiger partial charge on any atom is -0.478 e. The lowest BCUT2D eigenvalue weighted by atomic mass is 10.2. The highest BCUT2D eigenvalue weighted by molar-refractivity contribution is 6.36. The third-order valence-electron chi connectivity index (χ3n) is 2.68. The first-order chi connectivity index (χ1) is 9.40. The molecule has 0 spiro atoms. The Balaban J connectivity index is 2.54. The molecular weight excluding hydrogens is 325 g/mol. The second-order valence-electron chi connectivity index (χ2n) is 4.02. The number of rotatable bonds is 3. The highest BCUT2D eigenvalue weighted by atomic mass is 35.5. The number of hydrogen-bond acceptors (Lipinski definition) is 2. The van der Waals surface area contributed by atoms with Gasteiger partial charge < -0.3 is 9.67 Å². The van der Waals surface area contributed by atoms with Gasteiger partial charge in [-0.3, -0.25) is 4.79 Å². The molecule has 0 unspecified atom stereocenters. The summed E-state index contributed by atoms with van der Waals surface area (Å²) < 4.78 is 1.17. The minimum absolute atomic E-state index is 0.0399. The van der Waals surface area contributed by atoms with Crippen molar-refractivity contribution in [3.63, 3.8) is 0 Å². The van der Waals surface area contributed by atoms with Crippen molar-refractivity contribution in [2.75, 3.05) is 0 Å². The van der Waals surface area contributed by atoms with E-state index in [9.17, 15) is 9.59 Å². The van der Waals surface area contributed by atoms with Crippen LogP contribution in [-0.4, -0.2) is 15.6 Å². The lowest BCUT2D eigenvalue weighted by Gasteiger charge is -2.10. The average molecular weight is 333 g/mol. The Morgan fingerprint density at radius 2 is 1.75 bits per heavy atom. The van der Waals surface area contributed by atoms with Crippen LogP contribution in [0.1, 0.15) is 15.9 Å². The lowest BCUT2D eigenvalue weighted by Crippen LogP contribution is -2.22. The summed E-state index contributed by atoms with van der Waals surface area (Å²) in [7, 11) is 0. The predicted octanol–water partition coefficient (Wildman–Crippen LogP) is 3.56. The highest BCUT2D eigenvalue weighted by Gasteiger charge is 2.12. The van der Waals surface area contributed by atoms with Gasteiger partial charge in [0.2, 0.25) is 0 Å². The van der Waals surface area contributed by atoms with Gasteiger partial charge in [0, 0.05) is 21.8 Å². The number of nitrogens with zero attached hydrogens (tertiary/aromatic N) is 1. The molecule has 1 heterocycles. The fourth-order valence-corrected chi connectivity index (χ4v) is 2.43. The van der Waals surface area contributed by atoms with E-state index in [0.29, 0.717) is 15.6 Å². The van der Waals surface area contributed by atoms with Gasteiger partial charge in [0.05, 0.1) is 12.1 Å². The number of carboxylic acids is 1. The summed E-state index contributed by atoms with van der Waals surface area (Å²) in [6.45, 7) is 0.0399. The first kappa shape index (κ1) is 14.9. The van der Waals surface area contributed by atoms with E-state index in [-0.39, 0.29) is 17.1 Å². The van der Waals surface area contributed by atoms with Crippen molar-refractivity contribution < 1.29 is 9.90 Å². The van der Waals surface area contributed by atoms with Gasteiger partial charge in [-0.2, -0.15) is 0 Å². The van der Waals surface area contributed by atoms with Crippen molar-refractivity contribution in [2.24, 2.45) is 0 Å². The van der Waals surface area contributed by atoms with Crippen LogP contribution in [0.25, 0.3) is 0 Å². The number of halogens is 3. The van der Waals surface area contributed by atoms with Gasteiger partial charge in [0.25, 0.3) is 5.56 Å². The summed E-state index contributed by atoms with van der Waals surface area (Å²) in [5, 5.41) is 9.58. The Kier molecular flexibility index (Phi) is 4.38. The quantitative estimate of drug-likeness (QED) is 0.935. The third kappa shape index (κ3) is 2.98. The topological polar surface area (TPSA) is 59.3 Å². The molecule has 20 heavy (non-hydrogen) atoms. The van der Waals surface area contributed by atoms with Crippen molar-refractivity contribution in [1.82, 2.24) is 4.57 Å². The summed E-state index contributed by atoms with van der Waals surface area (Å²) in [6.07, 6.45) is 1.20. The summed E-state index contributed by atoms with van der Waals surface area (Å²) >= 11 is 17.8. The van der Waals surface area contributed by atoms with Crippen LogP contribution in [0.15, 0.2) is 35.3 Å². The molecule has 2 aromatic rings. The summed E-state index contributed by atoms with van der Waals surface area (Å²) in [5.74, 6) is -1.18. The van der Waals surface area contributed by atoms with E-state index >= 15 is 0 Å². The zero-order valence-electron chi connectivity index (χ0n) is 9.94. The van der Waals surface area contributed by atoms with Gasteiger partial charge in [-0.1, -0.05) is 40.9 Å². The van der Waals surface area contributed by atoms with Crippen molar-refractivity contribution in [1.29, 1.82) is 0 Å². The molecule has 7 heteroatoms. The zero-order valence-corrected chi connectivity index (χ0v) is 12.2. The largest absolute Gasteiger partial charge is 0.478 e. The van der Waals surface area contributed by atoms with E-state index in [1.165, 1.54) is 10.8 Å². The summed E-state index contributed by atoms with van der Waals surface area (Å²) in [6, 6.07) is 6.06. The molecule has 1 aromatic heterocycles. The molecule has 0 saturated heterocycles. The van der Waals surface area contributed by atoms with Crippen molar-refractivity contribution in [3.05, 3.63) is 67.0 Å². The Labute approximate surface area is 129 Å². The number of carboxylic acid groups (broad SMARTS) is 1. The van der Waals surface area contributed by atoms with Crippen LogP contribution in [0.4, 0.5) is 0 Å². The highest BCUT2D eigenvalue weighted by Crippen LogP contribution is 2.25.